The van der Waals surface area contributed by atoms with Gasteiger partial charge in [-0.3, -0.25) is 4.79 Å². The highest BCUT2D eigenvalue weighted by Crippen LogP contribution is 2.31. The van der Waals surface area contributed by atoms with E-state index in [0.717, 1.165) is 5.56 Å². The summed E-state index contributed by atoms with van der Waals surface area (Å²) >= 11 is 8.78. The van der Waals surface area contributed by atoms with E-state index in [2.05, 4.69) is 20.8 Å². The van der Waals surface area contributed by atoms with Gasteiger partial charge in [0.05, 0.1) is 25.2 Å². The Kier molecular flexibility index (Phi) is 7.76. The largest absolute Gasteiger partial charge is 0.495 e. The molecule has 10 heteroatoms. The maximum atomic E-state index is 12.2. The fourth-order valence-corrected chi connectivity index (χ4v) is 3.57. The molecule has 0 aliphatic rings. The lowest BCUT2D eigenvalue weighted by molar-refractivity contribution is -0.113. The van der Waals surface area contributed by atoms with Gasteiger partial charge < -0.3 is 20.1 Å². The van der Waals surface area contributed by atoms with Crippen LogP contribution < -0.4 is 15.4 Å². The number of carbonyl (C=O) groups is 1. The molecule has 0 radical (unpaired) electrons. The van der Waals surface area contributed by atoms with Crippen LogP contribution in [0, 0.1) is 6.92 Å². The van der Waals surface area contributed by atoms with E-state index in [1.807, 2.05) is 6.92 Å². The highest BCUT2D eigenvalue weighted by atomic mass is 35.5. The Morgan fingerprint density at radius 1 is 1.36 bits per heavy atom. The van der Waals surface area contributed by atoms with E-state index < -0.39 is 0 Å². The summed E-state index contributed by atoms with van der Waals surface area (Å²) in [7, 11) is 3.17. The fourth-order valence-electron chi connectivity index (χ4n) is 1.84. The topological polar surface area (TPSA) is 85.4 Å². The van der Waals surface area contributed by atoms with Crippen molar-refractivity contribution in [2.75, 3.05) is 43.8 Å². The van der Waals surface area contributed by atoms with Crippen LogP contribution in [-0.2, 0) is 9.53 Å². The highest BCUT2D eigenvalue weighted by molar-refractivity contribution is 8.01. The van der Waals surface area contributed by atoms with Crippen LogP contribution in [0.2, 0.25) is 5.02 Å². The number of hydrogen-bond donors (Lipinski definition) is 2. The summed E-state index contributed by atoms with van der Waals surface area (Å²) in [5, 5.41) is 15.3. The van der Waals surface area contributed by atoms with Gasteiger partial charge in [0, 0.05) is 24.7 Å². The molecule has 136 valence electrons. The van der Waals surface area contributed by atoms with Crippen molar-refractivity contribution in [3.05, 3.63) is 22.7 Å². The number of nitrogens with one attached hydrogen (secondary N) is 2. The summed E-state index contributed by atoms with van der Waals surface area (Å²) in [4.78, 5) is 12.2. The third kappa shape index (κ3) is 6.03. The Morgan fingerprint density at radius 3 is 2.88 bits per heavy atom. The molecule has 1 aromatic heterocycles. The van der Waals surface area contributed by atoms with Crippen LogP contribution in [0.15, 0.2) is 16.5 Å². The van der Waals surface area contributed by atoms with Gasteiger partial charge in [-0.15, -0.1) is 10.2 Å². The zero-order valence-corrected chi connectivity index (χ0v) is 16.5. The third-order valence-electron chi connectivity index (χ3n) is 3.07. The van der Waals surface area contributed by atoms with Crippen LogP contribution in [0.1, 0.15) is 5.56 Å². The number of aromatic nitrogens is 2. The second kappa shape index (κ2) is 9.81. The molecule has 0 aliphatic heterocycles. The molecule has 2 N–H and O–H groups in total. The summed E-state index contributed by atoms with van der Waals surface area (Å²) < 4.78 is 10.9. The van der Waals surface area contributed by atoms with Crippen LogP contribution >= 0.6 is 34.7 Å². The van der Waals surface area contributed by atoms with E-state index in [1.165, 1.54) is 30.2 Å². The minimum atomic E-state index is -0.158. The zero-order valence-electron chi connectivity index (χ0n) is 14.1. The van der Waals surface area contributed by atoms with Crippen LogP contribution in [0.4, 0.5) is 10.8 Å². The number of rotatable bonds is 9. The smallest absolute Gasteiger partial charge is 0.234 e. The van der Waals surface area contributed by atoms with E-state index >= 15 is 0 Å². The summed E-state index contributed by atoms with van der Waals surface area (Å²) in [6.45, 7) is 3.12. The highest BCUT2D eigenvalue weighted by Gasteiger charge is 2.12. The number of benzene rings is 1. The number of amides is 1. The number of nitrogens with zero attached hydrogens (tertiary/aromatic N) is 2. The molecule has 0 saturated carbocycles. The molecule has 0 saturated heterocycles. The first-order valence-corrected chi connectivity index (χ1v) is 9.54. The first-order chi connectivity index (χ1) is 12.0. The molecule has 25 heavy (non-hydrogen) atoms. The Hall–Kier alpha value is -1.55. The van der Waals surface area contributed by atoms with E-state index in [9.17, 15) is 4.79 Å². The number of aryl methyl sites for hydroxylation is 1. The molecular formula is C15H19ClN4O3S2. The molecule has 1 aromatic carbocycles. The number of methoxy groups -OCH3 is 2. The molecule has 0 spiro atoms. The van der Waals surface area contributed by atoms with Crippen molar-refractivity contribution in [1.82, 2.24) is 10.2 Å². The third-order valence-corrected chi connectivity index (χ3v) is 5.49. The molecule has 0 bridgehead atoms. The van der Waals surface area contributed by atoms with Gasteiger partial charge in [-0.2, -0.15) is 0 Å². The lowest BCUT2D eigenvalue weighted by atomic mass is 10.2. The van der Waals surface area contributed by atoms with Crippen molar-refractivity contribution in [2.45, 2.75) is 11.3 Å². The van der Waals surface area contributed by atoms with E-state index in [0.29, 0.717) is 39.1 Å². The van der Waals surface area contributed by atoms with Gasteiger partial charge in [0.1, 0.15) is 5.75 Å². The average molecular weight is 403 g/mol. The summed E-state index contributed by atoms with van der Waals surface area (Å²) in [6, 6.07) is 3.47. The summed E-state index contributed by atoms with van der Waals surface area (Å²) in [5.41, 5.74) is 1.45. The Morgan fingerprint density at radius 2 is 2.16 bits per heavy atom. The van der Waals surface area contributed by atoms with Crippen LogP contribution in [0.25, 0.3) is 0 Å². The number of thioether (sulfide) groups is 1. The van der Waals surface area contributed by atoms with Crippen molar-refractivity contribution in [1.29, 1.82) is 0 Å². The number of carbonyl (C=O) groups excluding carboxylic acids is 1. The van der Waals surface area contributed by atoms with Crippen molar-refractivity contribution in [3.8, 4) is 5.75 Å². The summed E-state index contributed by atoms with van der Waals surface area (Å²) in [6.07, 6.45) is 0. The Balaban J connectivity index is 1.88. The number of hydrogen-bond acceptors (Lipinski definition) is 8. The van der Waals surface area contributed by atoms with Crippen molar-refractivity contribution < 1.29 is 14.3 Å². The molecule has 0 unspecified atom stereocenters. The SMILES string of the molecule is COCCNc1nnc(SCC(=O)Nc2cc(C)c(Cl)cc2OC)s1. The van der Waals surface area contributed by atoms with Crippen LogP contribution in [-0.4, -0.2) is 49.2 Å². The summed E-state index contributed by atoms with van der Waals surface area (Å²) in [5.74, 6) is 0.584. The lowest BCUT2D eigenvalue weighted by Crippen LogP contribution is -2.14. The van der Waals surface area contributed by atoms with Gasteiger partial charge in [0.25, 0.3) is 0 Å². The molecule has 1 heterocycles. The zero-order chi connectivity index (χ0) is 18.2. The van der Waals surface area contributed by atoms with Crippen molar-refractivity contribution >= 4 is 51.4 Å². The molecule has 0 atom stereocenters. The van der Waals surface area contributed by atoms with Gasteiger partial charge in [-0.25, -0.2) is 0 Å². The lowest BCUT2D eigenvalue weighted by Gasteiger charge is -2.11. The van der Waals surface area contributed by atoms with Crippen molar-refractivity contribution in [3.63, 3.8) is 0 Å². The molecule has 2 rings (SSSR count). The second-order valence-corrected chi connectivity index (χ2v) is 7.54. The predicted octanol–water partition coefficient (Wildman–Crippen LogP) is 3.30. The minimum Gasteiger partial charge on any atom is -0.495 e. The molecule has 0 aliphatic carbocycles. The fraction of sp³-hybridized carbons (Fsp3) is 0.400. The predicted molar refractivity (Wildman–Crippen MR) is 102 cm³/mol. The Labute approximate surface area is 159 Å². The van der Waals surface area contributed by atoms with Gasteiger partial charge in [-0.1, -0.05) is 34.7 Å². The quantitative estimate of drug-likeness (QED) is 0.491. The molecular weight excluding hydrogens is 384 g/mol. The molecule has 7 nitrogen and oxygen atoms in total. The van der Waals surface area contributed by atoms with Crippen LogP contribution in [0.3, 0.4) is 0 Å². The van der Waals surface area contributed by atoms with Gasteiger partial charge in [0.2, 0.25) is 11.0 Å². The molecule has 2 aromatic rings. The molecule has 0 fully saturated rings. The van der Waals surface area contributed by atoms with Gasteiger partial charge in [-0.05, 0) is 18.6 Å². The monoisotopic (exact) mass is 402 g/mol. The maximum absolute atomic E-state index is 12.2. The maximum Gasteiger partial charge on any atom is 0.234 e. The van der Waals surface area contributed by atoms with Crippen LogP contribution in [0.5, 0.6) is 5.75 Å². The van der Waals surface area contributed by atoms with E-state index in [1.54, 1.807) is 19.2 Å². The average Bonchev–Trinajstić information content (AvgIpc) is 3.04. The van der Waals surface area contributed by atoms with E-state index in [4.69, 9.17) is 21.1 Å². The Bertz CT molecular complexity index is 727. The standard InChI is InChI=1S/C15H19ClN4O3S2/c1-9-6-11(12(23-3)7-10(9)16)18-13(21)8-24-15-20-19-14(25-15)17-4-5-22-2/h6-7H,4-5,8H2,1-3H3,(H,17,19)(H,18,21). The second-order valence-electron chi connectivity index (χ2n) is 4.93. The normalized spacial score (nSPS) is 10.6. The van der Waals surface area contributed by atoms with Crippen molar-refractivity contribution in [2.24, 2.45) is 0 Å². The van der Waals surface area contributed by atoms with Gasteiger partial charge in [0.15, 0.2) is 4.34 Å². The minimum absolute atomic E-state index is 0.158. The first kappa shape index (κ1) is 19.8. The number of ether oxygens (including phenoxy) is 2. The number of anilines is 2. The first-order valence-electron chi connectivity index (χ1n) is 7.36. The molecule has 1 amide bonds. The number of halogens is 1. The van der Waals surface area contributed by atoms with Gasteiger partial charge >= 0.3 is 0 Å². The van der Waals surface area contributed by atoms with E-state index in [-0.39, 0.29) is 11.7 Å².